The van der Waals surface area contributed by atoms with Crippen LogP contribution in [-0.4, -0.2) is 21.5 Å². The molecule has 1 heterocycles. The van der Waals surface area contributed by atoms with Crippen LogP contribution < -0.4 is 10.0 Å². The van der Waals surface area contributed by atoms with Gasteiger partial charge in [0.15, 0.2) is 0 Å². The second kappa shape index (κ2) is 5.29. The van der Waals surface area contributed by atoms with E-state index in [-0.39, 0.29) is 5.41 Å². The molecular formula is C16H24N2O2S. The summed E-state index contributed by atoms with van der Waals surface area (Å²) in [7, 11) is -3.41. The maximum Gasteiger partial charge on any atom is 0.240 e. The number of benzene rings is 1. The highest BCUT2D eigenvalue weighted by molar-refractivity contribution is 7.89. The van der Waals surface area contributed by atoms with Crippen molar-refractivity contribution in [3.63, 3.8) is 0 Å². The van der Waals surface area contributed by atoms with Crippen molar-refractivity contribution in [2.75, 3.05) is 18.4 Å². The van der Waals surface area contributed by atoms with E-state index in [9.17, 15) is 8.42 Å². The molecule has 0 atom stereocenters. The number of nitrogens with one attached hydrogen (secondary N) is 2. The number of fused-ring (bicyclic) bond motifs is 1. The van der Waals surface area contributed by atoms with Crippen molar-refractivity contribution in [2.24, 2.45) is 11.3 Å². The van der Waals surface area contributed by atoms with Crippen molar-refractivity contribution < 1.29 is 8.42 Å². The van der Waals surface area contributed by atoms with Crippen molar-refractivity contribution in [1.29, 1.82) is 0 Å². The lowest BCUT2D eigenvalue weighted by Gasteiger charge is -2.21. The molecule has 1 aromatic carbocycles. The minimum atomic E-state index is -3.41. The Morgan fingerprint density at radius 1 is 1.33 bits per heavy atom. The fourth-order valence-corrected chi connectivity index (χ4v) is 4.21. The van der Waals surface area contributed by atoms with Gasteiger partial charge in [-0.1, -0.05) is 19.9 Å². The number of hydrogen-bond donors (Lipinski definition) is 2. The molecule has 1 aromatic rings. The van der Waals surface area contributed by atoms with Gasteiger partial charge in [-0.15, -0.1) is 0 Å². The van der Waals surface area contributed by atoms with Gasteiger partial charge in [-0.2, -0.15) is 0 Å². The van der Waals surface area contributed by atoms with E-state index in [0.717, 1.165) is 37.9 Å². The van der Waals surface area contributed by atoms with E-state index in [0.29, 0.717) is 17.4 Å². The van der Waals surface area contributed by atoms with Crippen molar-refractivity contribution >= 4 is 15.7 Å². The van der Waals surface area contributed by atoms with Crippen molar-refractivity contribution in [3.8, 4) is 0 Å². The highest BCUT2D eigenvalue weighted by Gasteiger charge is 2.45. The Kier molecular flexibility index (Phi) is 3.74. The van der Waals surface area contributed by atoms with Crippen LogP contribution in [0.25, 0.3) is 0 Å². The Bertz CT molecular complexity index is 634. The topological polar surface area (TPSA) is 58.2 Å². The van der Waals surface area contributed by atoms with Crippen LogP contribution >= 0.6 is 0 Å². The molecule has 1 fully saturated rings. The minimum absolute atomic E-state index is 0.180. The number of hydrogen-bond acceptors (Lipinski definition) is 3. The first kappa shape index (κ1) is 14.9. The van der Waals surface area contributed by atoms with E-state index in [4.69, 9.17) is 0 Å². The summed E-state index contributed by atoms with van der Waals surface area (Å²) >= 11 is 0. The summed E-state index contributed by atoms with van der Waals surface area (Å²) in [5.74, 6) is 0.519. The average Bonchev–Trinajstić information content (AvgIpc) is 3.26. The summed E-state index contributed by atoms with van der Waals surface area (Å²) in [4.78, 5) is 0.371. The number of sulfonamides is 1. The summed E-state index contributed by atoms with van der Waals surface area (Å²) in [5, 5.41) is 3.29. The molecule has 21 heavy (non-hydrogen) atoms. The molecule has 0 unspecified atom stereocenters. The fourth-order valence-electron chi connectivity index (χ4n) is 3.05. The molecule has 0 saturated heterocycles. The molecule has 0 radical (unpaired) electrons. The van der Waals surface area contributed by atoms with E-state index in [1.165, 1.54) is 5.56 Å². The number of anilines is 1. The lowest BCUT2D eigenvalue weighted by molar-refractivity contribution is 0.357. The summed E-state index contributed by atoms with van der Waals surface area (Å²) < 4.78 is 27.8. The standard InChI is InChI=1S/C16H24N2O2S/c1-12(2)16(7-8-16)11-18-21(19,20)14-6-5-13-4-3-9-17-15(13)10-14/h5-6,10,12,17-18H,3-4,7-9,11H2,1-2H3. The van der Waals surface area contributed by atoms with Crippen LogP contribution in [0.2, 0.25) is 0 Å². The fraction of sp³-hybridized carbons (Fsp3) is 0.625. The zero-order chi connectivity index (χ0) is 15.1. The molecule has 0 amide bonds. The lowest BCUT2D eigenvalue weighted by atomic mass is 9.93. The molecule has 0 bridgehead atoms. The number of aryl methyl sites for hydroxylation is 1. The summed E-state index contributed by atoms with van der Waals surface area (Å²) in [5.41, 5.74) is 2.36. The molecule has 2 aliphatic rings. The van der Waals surface area contributed by atoms with E-state index < -0.39 is 10.0 Å². The number of rotatable bonds is 5. The van der Waals surface area contributed by atoms with Gasteiger partial charge in [-0.3, -0.25) is 0 Å². The van der Waals surface area contributed by atoms with Gasteiger partial charge in [0.2, 0.25) is 10.0 Å². The van der Waals surface area contributed by atoms with E-state index in [1.54, 1.807) is 12.1 Å². The molecule has 1 aliphatic heterocycles. The van der Waals surface area contributed by atoms with Crippen LogP contribution in [-0.2, 0) is 16.4 Å². The molecule has 1 aliphatic carbocycles. The zero-order valence-electron chi connectivity index (χ0n) is 12.8. The van der Waals surface area contributed by atoms with E-state index in [2.05, 4.69) is 23.9 Å². The van der Waals surface area contributed by atoms with Crippen LogP contribution in [0.3, 0.4) is 0 Å². The predicted octanol–water partition coefficient (Wildman–Crippen LogP) is 2.76. The Hall–Kier alpha value is -1.07. The third-order valence-corrected chi connectivity index (χ3v) is 6.46. The Morgan fingerprint density at radius 3 is 2.76 bits per heavy atom. The van der Waals surface area contributed by atoms with Gasteiger partial charge in [-0.05, 0) is 54.7 Å². The first-order valence-electron chi connectivity index (χ1n) is 7.79. The molecule has 0 aromatic heterocycles. The summed E-state index contributed by atoms with van der Waals surface area (Å²) in [6, 6.07) is 5.43. The van der Waals surface area contributed by atoms with Crippen LogP contribution in [0, 0.1) is 11.3 Å². The van der Waals surface area contributed by atoms with Crippen molar-refractivity contribution in [2.45, 2.75) is 44.4 Å². The summed E-state index contributed by atoms with van der Waals surface area (Å²) in [6.45, 7) is 5.81. The highest BCUT2D eigenvalue weighted by atomic mass is 32.2. The van der Waals surface area contributed by atoms with Gasteiger partial charge in [0, 0.05) is 18.8 Å². The molecule has 2 N–H and O–H groups in total. The maximum absolute atomic E-state index is 12.5. The highest BCUT2D eigenvalue weighted by Crippen LogP contribution is 2.51. The van der Waals surface area contributed by atoms with E-state index >= 15 is 0 Å². The SMILES string of the molecule is CC(C)C1(CNS(=O)(=O)c2ccc3c(c2)NCCC3)CC1. The van der Waals surface area contributed by atoms with Crippen molar-refractivity contribution in [1.82, 2.24) is 4.72 Å². The second-order valence-corrected chi connectivity index (χ2v) is 8.46. The van der Waals surface area contributed by atoms with Gasteiger partial charge >= 0.3 is 0 Å². The van der Waals surface area contributed by atoms with Gasteiger partial charge in [0.1, 0.15) is 0 Å². The third-order valence-electron chi connectivity index (χ3n) is 5.06. The van der Waals surface area contributed by atoms with Crippen molar-refractivity contribution in [3.05, 3.63) is 23.8 Å². The minimum Gasteiger partial charge on any atom is -0.385 e. The lowest BCUT2D eigenvalue weighted by Crippen LogP contribution is -2.32. The Morgan fingerprint density at radius 2 is 2.10 bits per heavy atom. The molecule has 4 nitrogen and oxygen atoms in total. The maximum atomic E-state index is 12.5. The molecular weight excluding hydrogens is 284 g/mol. The quantitative estimate of drug-likeness (QED) is 0.879. The Balaban J connectivity index is 1.76. The van der Waals surface area contributed by atoms with Crippen LogP contribution in [0.4, 0.5) is 5.69 Å². The Labute approximate surface area is 127 Å². The van der Waals surface area contributed by atoms with Crippen LogP contribution in [0.5, 0.6) is 0 Å². The average molecular weight is 308 g/mol. The molecule has 5 heteroatoms. The molecule has 3 rings (SSSR count). The van der Waals surface area contributed by atoms with Gasteiger partial charge in [0.25, 0.3) is 0 Å². The monoisotopic (exact) mass is 308 g/mol. The zero-order valence-corrected chi connectivity index (χ0v) is 13.6. The largest absolute Gasteiger partial charge is 0.385 e. The van der Waals surface area contributed by atoms with E-state index in [1.807, 2.05) is 6.07 Å². The van der Waals surface area contributed by atoms with Crippen LogP contribution in [0.15, 0.2) is 23.1 Å². The van der Waals surface area contributed by atoms with Gasteiger partial charge in [0.05, 0.1) is 4.90 Å². The normalized spacial score (nSPS) is 20.0. The smallest absolute Gasteiger partial charge is 0.240 e. The summed E-state index contributed by atoms with van der Waals surface area (Å²) in [6.07, 6.45) is 4.37. The van der Waals surface area contributed by atoms with Gasteiger partial charge < -0.3 is 5.32 Å². The second-order valence-electron chi connectivity index (χ2n) is 6.69. The van der Waals surface area contributed by atoms with Gasteiger partial charge in [-0.25, -0.2) is 13.1 Å². The predicted molar refractivity (Wildman–Crippen MR) is 84.9 cm³/mol. The van der Waals surface area contributed by atoms with Crippen LogP contribution in [0.1, 0.15) is 38.7 Å². The first-order chi connectivity index (χ1) is 9.93. The first-order valence-corrected chi connectivity index (χ1v) is 9.28. The molecule has 116 valence electrons. The third kappa shape index (κ3) is 2.94. The molecule has 1 saturated carbocycles. The molecule has 0 spiro atoms.